The Morgan fingerprint density at radius 1 is 0.893 bits per heavy atom. The van der Waals surface area contributed by atoms with Gasteiger partial charge in [-0.25, -0.2) is 0 Å². The van der Waals surface area contributed by atoms with Crippen LogP contribution in [0.2, 0.25) is 0 Å². The minimum absolute atomic E-state index is 0.0130. The third kappa shape index (κ3) is 4.34. The number of nitrogens with zero attached hydrogens (tertiary/aromatic N) is 1. The lowest BCUT2D eigenvalue weighted by Gasteiger charge is -2.11. The maximum absolute atomic E-state index is 12.8. The number of aromatic nitrogens is 1. The molecule has 3 nitrogen and oxygen atoms in total. The van der Waals surface area contributed by atoms with E-state index in [-0.39, 0.29) is 5.91 Å². The maximum Gasteiger partial charge on any atom is 0.267 e. The number of aryl methyl sites for hydroxylation is 2. The summed E-state index contributed by atoms with van der Waals surface area (Å²) >= 11 is 1.70. The van der Waals surface area contributed by atoms with E-state index < -0.39 is 0 Å². The van der Waals surface area contributed by atoms with Crippen LogP contribution < -0.4 is 5.32 Å². The van der Waals surface area contributed by atoms with Crippen molar-refractivity contribution in [3.05, 3.63) is 95.0 Å². The van der Waals surface area contributed by atoms with E-state index in [4.69, 9.17) is 0 Å². The van der Waals surface area contributed by atoms with E-state index in [1.165, 1.54) is 16.0 Å². The highest BCUT2D eigenvalue weighted by atomic mass is 32.1. The van der Waals surface area contributed by atoms with Crippen LogP contribution in [0.3, 0.4) is 0 Å². The molecule has 0 fully saturated rings. The van der Waals surface area contributed by atoms with Crippen molar-refractivity contribution in [2.45, 2.75) is 25.8 Å². The van der Waals surface area contributed by atoms with Crippen molar-refractivity contribution < 1.29 is 4.79 Å². The molecule has 0 saturated carbocycles. The first-order valence-electron chi connectivity index (χ1n) is 9.74. The van der Waals surface area contributed by atoms with E-state index in [2.05, 4.69) is 57.7 Å². The number of benzene rings is 2. The number of hydrogen-bond donors (Lipinski definition) is 1. The van der Waals surface area contributed by atoms with Crippen molar-refractivity contribution in [3.8, 4) is 0 Å². The second-order valence-corrected chi connectivity index (χ2v) is 7.84. The van der Waals surface area contributed by atoms with Gasteiger partial charge in [-0.1, -0.05) is 60.7 Å². The van der Waals surface area contributed by atoms with E-state index in [9.17, 15) is 4.79 Å². The Morgan fingerprint density at radius 3 is 2.29 bits per heavy atom. The van der Waals surface area contributed by atoms with Crippen LogP contribution in [-0.4, -0.2) is 17.0 Å². The Kier molecular flexibility index (Phi) is 5.88. The summed E-state index contributed by atoms with van der Waals surface area (Å²) in [6.07, 6.45) is 2.87. The largest absolute Gasteiger partial charge is 0.350 e. The number of thiophene rings is 1. The van der Waals surface area contributed by atoms with Gasteiger partial charge in [-0.05, 0) is 47.9 Å². The Morgan fingerprint density at radius 2 is 1.57 bits per heavy atom. The topological polar surface area (TPSA) is 34.0 Å². The summed E-state index contributed by atoms with van der Waals surface area (Å²) in [5.74, 6) is 0.0130. The molecule has 0 atom stereocenters. The van der Waals surface area contributed by atoms with Crippen LogP contribution in [-0.2, 0) is 19.4 Å². The van der Waals surface area contributed by atoms with Crippen LogP contribution in [0.4, 0.5) is 0 Å². The summed E-state index contributed by atoms with van der Waals surface area (Å²) < 4.78 is 2.18. The molecule has 142 valence electrons. The molecule has 0 aliphatic rings. The third-order valence-electron chi connectivity index (χ3n) is 4.97. The Labute approximate surface area is 169 Å². The highest BCUT2D eigenvalue weighted by Crippen LogP contribution is 2.26. The number of fused-ring (bicyclic) bond motifs is 1. The number of rotatable bonds is 8. The average Bonchev–Trinajstić information content (AvgIpc) is 3.32. The van der Waals surface area contributed by atoms with E-state index in [0.717, 1.165) is 36.9 Å². The number of amides is 1. The predicted octanol–water partition coefficient (Wildman–Crippen LogP) is 5.31. The molecule has 0 aliphatic carbocycles. The third-order valence-corrected chi connectivity index (χ3v) is 5.92. The second-order valence-electron chi connectivity index (χ2n) is 6.94. The number of carbonyl (C=O) groups excluding carboxylic acids is 1. The van der Waals surface area contributed by atoms with E-state index in [1.54, 1.807) is 11.3 Å². The summed E-state index contributed by atoms with van der Waals surface area (Å²) in [7, 11) is 0. The van der Waals surface area contributed by atoms with Gasteiger partial charge in [0.2, 0.25) is 0 Å². The first-order chi connectivity index (χ1) is 13.8. The van der Waals surface area contributed by atoms with Gasteiger partial charge in [0.1, 0.15) is 10.5 Å². The van der Waals surface area contributed by atoms with Gasteiger partial charge >= 0.3 is 0 Å². The smallest absolute Gasteiger partial charge is 0.267 e. The summed E-state index contributed by atoms with van der Waals surface area (Å²) in [6, 6.07) is 24.9. The van der Waals surface area contributed by atoms with Crippen molar-refractivity contribution in [2.24, 2.45) is 0 Å². The zero-order valence-electron chi connectivity index (χ0n) is 15.8. The van der Waals surface area contributed by atoms with Gasteiger partial charge in [-0.3, -0.25) is 4.79 Å². The second kappa shape index (κ2) is 8.89. The van der Waals surface area contributed by atoms with Crippen LogP contribution in [0, 0.1) is 0 Å². The maximum atomic E-state index is 12.8. The summed E-state index contributed by atoms with van der Waals surface area (Å²) in [4.78, 5) is 14.0. The zero-order chi connectivity index (χ0) is 19.2. The van der Waals surface area contributed by atoms with Gasteiger partial charge in [0.25, 0.3) is 5.91 Å². The Hall–Kier alpha value is -2.85. The molecule has 0 unspecified atom stereocenters. The highest BCUT2D eigenvalue weighted by molar-refractivity contribution is 7.16. The minimum Gasteiger partial charge on any atom is -0.350 e. The molecule has 0 radical (unpaired) electrons. The van der Waals surface area contributed by atoms with Crippen molar-refractivity contribution >= 4 is 27.5 Å². The molecule has 0 bridgehead atoms. The lowest BCUT2D eigenvalue weighted by Crippen LogP contribution is -2.28. The lowest BCUT2D eigenvalue weighted by atomic mass is 10.1. The molecule has 0 spiro atoms. The molecule has 1 N–H and O–H groups in total. The van der Waals surface area contributed by atoms with Crippen molar-refractivity contribution in [2.75, 3.05) is 6.54 Å². The van der Waals surface area contributed by atoms with Crippen LogP contribution in [0.1, 0.15) is 28.0 Å². The van der Waals surface area contributed by atoms with Crippen molar-refractivity contribution in [1.82, 2.24) is 9.88 Å². The fraction of sp³-hybridized carbons (Fsp3) is 0.208. The SMILES string of the molecule is O=C(NCCc1ccccc1)c1cc2ccsc2n1CCCc1ccccc1. The van der Waals surface area contributed by atoms with Gasteiger partial charge in [0.05, 0.1) is 0 Å². The van der Waals surface area contributed by atoms with E-state index in [1.807, 2.05) is 30.3 Å². The molecular weight excluding hydrogens is 364 g/mol. The summed E-state index contributed by atoms with van der Waals surface area (Å²) in [5.41, 5.74) is 3.34. The molecule has 1 amide bonds. The standard InChI is InChI=1S/C24H24N2OS/c27-23(25-15-13-20-10-5-2-6-11-20)22-18-21-14-17-28-24(21)26(22)16-7-12-19-8-3-1-4-9-19/h1-6,8-11,14,17-18H,7,12-13,15-16H2,(H,25,27). The van der Waals surface area contributed by atoms with E-state index in [0.29, 0.717) is 6.54 Å². The van der Waals surface area contributed by atoms with Gasteiger partial charge in [-0.2, -0.15) is 0 Å². The number of hydrogen-bond acceptors (Lipinski definition) is 2. The lowest BCUT2D eigenvalue weighted by molar-refractivity contribution is 0.0945. The molecule has 2 aromatic carbocycles. The first kappa shape index (κ1) is 18.5. The van der Waals surface area contributed by atoms with Crippen LogP contribution in [0.15, 0.2) is 78.2 Å². The monoisotopic (exact) mass is 388 g/mol. The quantitative estimate of drug-likeness (QED) is 0.436. The van der Waals surface area contributed by atoms with Crippen LogP contribution in [0.25, 0.3) is 10.2 Å². The predicted molar refractivity (Wildman–Crippen MR) is 117 cm³/mol. The molecule has 2 heterocycles. The number of nitrogens with one attached hydrogen (secondary N) is 1. The van der Waals surface area contributed by atoms with Gasteiger partial charge in [-0.15, -0.1) is 11.3 Å². The van der Waals surface area contributed by atoms with Crippen LogP contribution >= 0.6 is 11.3 Å². The molecule has 0 aliphatic heterocycles. The normalized spacial score (nSPS) is 11.0. The molecule has 4 aromatic rings. The molecule has 4 heteroatoms. The van der Waals surface area contributed by atoms with Crippen LogP contribution in [0.5, 0.6) is 0 Å². The zero-order valence-corrected chi connectivity index (χ0v) is 16.6. The van der Waals surface area contributed by atoms with E-state index >= 15 is 0 Å². The van der Waals surface area contributed by atoms with Gasteiger partial charge < -0.3 is 9.88 Å². The minimum atomic E-state index is 0.0130. The Bertz CT molecular complexity index is 1030. The average molecular weight is 389 g/mol. The van der Waals surface area contributed by atoms with Gasteiger partial charge in [0, 0.05) is 18.5 Å². The first-order valence-corrected chi connectivity index (χ1v) is 10.6. The fourth-order valence-corrected chi connectivity index (χ4v) is 4.45. The van der Waals surface area contributed by atoms with Gasteiger partial charge in [0.15, 0.2) is 0 Å². The van der Waals surface area contributed by atoms with Crippen molar-refractivity contribution in [3.63, 3.8) is 0 Å². The fourth-order valence-electron chi connectivity index (χ4n) is 3.53. The van der Waals surface area contributed by atoms with Crippen molar-refractivity contribution in [1.29, 1.82) is 0 Å². The highest BCUT2D eigenvalue weighted by Gasteiger charge is 2.16. The Balaban J connectivity index is 1.42. The molecule has 2 aromatic heterocycles. The molecular formula is C24H24N2OS. The number of carbonyl (C=O) groups is 1. The molecule has 28 heavy (non-hydrogen) atoms. The molecule has 4 rings (SSSR count). The molecule has 0 saturated heterocycles. The summed E-state index contributed by atoms with van der Waals surface area (Å²) in [5, 5.41) is 6.34. The summed E-state index contributed by atoms with van der Waals surface area (Å²) in [6.45, 7) is 1.49.